The van der Waals surface area contributed by atoms with Crippen molar-refractivity contribution in [2.24, 2.45) is 0 Å². The number of aromatic nitrogens is 1. The van der Waals surface area contributed by atoms with Crippen molar-refractivity contribution >= 4 is 17.5 Å². The monoisotopic (exact) mass is 565 g/mol. The van der Waals surface area contributed by atoms with Gasteiger partial charge in [0, 0.05) is 30.0 Å². The lowest BCUT2D eigenvalue weighted by Gasteiger charge is -2.47. The molecule has 0 N–H and O–H groups in total. The number of para-hydroxylation sites is 1. The molecule has 0 radical (unpaired) electrons. The summed E-state index contributed by atoms with van der Waals surface area (Å²) in [6.07, 6.45) is 13.5. The summed E-state index contributed by atoms with van der Waals surface area (Å²) >= 11 is 0. The van der Waals surface area contributed by atoms with E-state index < -0.39 is 0 Å². The first-order valence-electron chi connectivity index (χ1n) is 16.5. The molecule has 0 spiro atoms. The highest BCUT2D eigenvalue weighted by atomic mass is 16.2. The van der Waals surface area contributed by atoms with E-state index in [0.29, 0.717) is 23.6 Å². The molecule has 42 heavy (non-hydrogen) atoms. The third-order valence-electron chi connectivity index (χ3n) is 10.5. The maximum Gasteiger partial charge on any atom is 0.381 e. The van der Waals surface area contributed by atoms with Crippen LogP contribution in [0.5, 0.6) is 0 Å². The summed E-state index contributed by atoms with van der Waals surface area (Å²) in [6.45, 7) is 4.86. The van der Waals surface area contributed by atoms with Crippen LogP contribution in [0.2, 0.25) is 0 Å². The minimum atomic E-state index is 0.0213. The number of quaternary nitrogens is 1. The Kier molecular flexibility index (Phi) is 7.76. The first-order chi connectivity index (χ1) is 20.6. The Morgan fingerprint density at radius 2 is 1.38 bits per heavy atom. The summed E-state index contributed by atoms with van der Waals surface area (Å²) in [4.78, 5) is 30.6. The molecule has 3 fully saturated rings. The van der Waals surface area contributed by atoms with Gasteiger partial charge in [0.1, 0.15) is 18.8 Å². The molecule has 2 saturated heterocycles. The second-order valence-corrected chi connectivity index (χ2v) is 13.0. The average molecular weight is 566 g/mol. The highest BCUT2D eigenvalue weighted by Gasteiger charge is 2.47. The molecule has 6 nitrogen and oxygen atoms in total. The van der Waals surface area contributed by atoms with E-state index in [9.17, 15) is 9.59 Å². The Morgan fingerprint density at radius 1 is 0.690 bits per heavy atom. The number of likely N-dealkylation sites (tertiary alicyclic amines) is 1. The zero-order chi connectivity index (χ0) is 28.5. The highest BCUT2D eigenvalue weighted by molar-refractivity contribution is 6.06. The first kappa shape index (κ1) is 27.6. The smallest absolute Gasteiger partial charge is 0.331 e. The quantitative estimate of drug-likeness (QED) is 0.312. The first-order valence-corrected chi connectivity index (χ1v) is 16.5. The lowest BCUT2D eigenvalue weighted by atomic mass is 9.84. The van der Waals surface area contributed by atoms with Gasteiger partial charge in [0.25, 0.3) is 5.91 Å². The van der Waals surface area contributed by atoms with Crippen molar-refractivity contribution in [1.29, 1.82) is 0 Å². The fourth-order valence-corrected chi connectivity index (χ4v) is 8.14. The number of hydrogen-bond donors (Lipinski definition) is 0. The van der Waals surface area contributed by atoms with Crippen LogP contribution in [0.1, 0.15) is 114 Å². The number of nitrogens with zero attached hydrogens (tertiary/aromatic N) is 4. The highest BCUT2D eigenvalue weighted by Crippen LogP contribution is 2.35. The van der Waals surface area contributed by atoms with E-state index in [-0.39, 0.29) is 11.8 Å². The Morgan fingerprint density at radius 3 is 2.14 bits per heavy atom. The van der Waals surface area contributed by atoms with Gasteiger partial charge in [0.15, 0.2) is 0 Å². The summed E-state index contributed by atoms with van der Waals surface area (Å²) in [6, 6.07) is 20.8. The number of hydrogen-bond acceptors (Lipinski definition) is 3. The van der Waals surface area contributed by atoms with Crippen molar-refractivity contribution < 1.29 is 14.2 Å². The number of benzene rings is 2. The topological polar surface area (TPSA) is 45.6 Å². The van der Waals surface area contributed by atoms with E-state index in [1.807, 2.05) is 35.2 Å². The number of anilines is 1. The van der Waals surface area contributed by atoms with E-state index in [1.165, 1.54) is 63.4 Å². The second-order valence-electron chi connectivity index (χ2n) is 13.0. The number of carbonyl (C=O) groups is 2. The summed E-state index contributed by atoms with van der Waals surface area (Å²) in [5.41, 5.74) is 5.93. The molecule has 0 atom stereocenters. The zero-order valence-electron chi connectivity index (χ0n) is 25.0. The van der Waals surface area contributed by atoms with Crippen LogP contribution >= 0.6 is 0 Å². The molecule has 7 rings (SSSR count). The minimum Gasteiger partial charge on any atom is -0.331 e. The summed E-state index contributed by atoms with van der Waals surface area (Å²) in [5, 5.41) is 2.47. The van der Waals surface area contributed by atoms with E-state index in [2.05, 4.69) is 39.9 Å². The van der Waals surface area contributed by atoms with E-state index in [4.69, 9.17) is 0 Å². The lowest BCUT2D eigenvalue weighted by molar-refractivity contribution is -0.970. The van der Waals surface area contributed by atoms with E-state index in [1.54, 1.807) is 0 Å². The molecule has 1 aliphatic carbocycles. The van der Waals surface area contributed by atoms with Crippen molar-refractivity contribution in [2.75, 3.05) is 31.1 Å². The van der Waals surface area contributed by atoms with E-state index >= 15 is 0 Å². The van der Waals surface area contributed by atoms with Crippen molar-refractivity contribution in [3.63, 3.8) is 0 Å². The fourth-order valence-electron chi connectivity index (χ4n) is 8.14. The van der Waals surface area contributed by atoms with Gasteiger partial charge in [-0.25, -0.2) is 4.79 Å². The maximum atomic E-state index is 14.6. The molecule has 220 valence electrons. The Hall–Kier alpha value is -3.22. The lowest BCUT2D eigenvalue weighted by Crippen LogP contribution is -2.66. The molecule has 3 aromatic rings. The van der Waals surface area contributed by atoms with Crippen LogP contribution in [0.3, 0.4) is 0 Å². The van der Waals surface area contributed by atoms with Gasteiger partial charge in [-0.2, -0.15) is 4.59 Å². The molecule has 2 amide bonds. The summed E-state index contributed by atoms with van der Waals surface area (Å²) < 4.78 is 2.68. The van der Waals surface area contributed by atoms with Gasteiger partial charge in [0.05, 0.1) is 13.1 Å². The number of piperidine rings is 2. The molecule has 1 aromatic heterocycles. The van der Waals surface area contributed by atoms with Crippen molar-refractivity contribution in [3.8, 4) is 0 Å². The molecular formula is C36H45N4O2+. The largest absolute Gasteiger partial charge is 0.381 e. The van der Waals surface area contributed by atoms with Gasteiger partial charge < -0.3 is 9.47 Å². The van der Waals surface area contributed by atoms with Crippen LogP contribution in [-0.2, 0) is 13.1 Å². The third kappa shape index (κ3) is 5.03. The van der Waals surface area contributed by atoms with Gasteiger partial charge in [-0.1, -0.05) is 56.0 Å². The van der Waals surface area contributed by atoms with Crippen LogP contribution in [0.15, 0.2) is 60.7 Å². The molecule has 2 aromatic carbocycles. The third-order valence-corrected chi connectivity index (χ3v) is 10.5. The van der Waals surface area contributed by atoms with Gasteiger partial charge in [0.2, 0.25) is 0 Å². The molecule has 4 heterocycles. The van der Waals surface area contributed by atoms with Crippen LogP contribution in [0.25, 0.3) is 0 Å². The van der Waals surface area contributed by atoms with Crippen LogP contribution < -0.4 is 4.90 Å². The van der Waals surface area contributed by atoms with E-state index in [0.717, 1.165) is 67.2 Å². The van der Waals surface area contributed by atoms with Crippen LogP contribution in [-0.4, -0.2) is 52.2 Å². The van der Waals surface area contributed by atoms with Crippen molar-refractivity contribution in [1.82, 2.24) is 9.58 Å². The molecular weight excluding hydrogens is 520 g/mol. The Bertz CT molecular complexity index is 1420. The Labute approximate surface area is 250 Å². The molecule has 3 aliphatic heterocycles. The molecule has 4 aliphatic rings. The predicted molar refractivity (Wildman–Crippen MR) is 166 cm³/mol. The molecule has 0 bridgehead atoms. The zero-order valence-corrected chi connectivity index (χ0v) is 25.0. The standard InChI is InChI=1S/C36H45N4O2/c41-35(30-18-16-29(17-19-30)28-12-4-1-5-13-28)39-27-32-20-21-34(38(32)26-31-14-6-7-15-33(31)39)36(42)40(24-10-3-11-25-40)37-22-8-2-9-23-37/h6-7,14-21,28H,1-5,8-13,22-27H2/q+1. The van der Waals surface area contributed by atoms with Gasteiger partial charge >= 0.3 is 5.91 Å². The second kappa shape index (κ2) is 11.8. The van der Waals surface area contributed by atoms with Crippen LogP contribution in [0, 0.1) is 0 Å². The maximum absolute atomic E-state index is 14.6. The number of carbonyl (C=O) groups excluding carboxylic acids is 2. The SMILES string of the molecule is O=C(c1ccc(C2CCCCC2)cc1)N1Cc2ccc(C(=O)[N+]3(N4CCCCC4)CCCCC3)n2Cc2ccccc21. The van der Waals surface area contributed by atoms with Gasteiger partial charge in [-0.05, 0) is 92.3 Å². The number of fused-ring (bicyclic) bond motifs is 2. The fraction of sp³-hybridized carbons (Fsp3) is 0.500. The predicted octanol–water partition coefficient (Wildman–Crippen LogP) is 7.29. The average Bonchev–Trinajstić information content (AvgIpc) is 3.38. The minimum absolute atomic E-state index is 0.0213. The van der Waals surface area contributed by atoms with Crippen molar-refractivity contribution in [3.05, 3.63) is 88.7 Å². The summed E-state index contributed by atoms with van der Waals surface area (Å²) in [7, 11) is 0. The molecule has 0 unspecified atom stereocenters. The van der Waals surface area contributed by atoms with Gasteiger partial charge in [-0.3, -0.25) is 4.79 Å². The molecule has 6 heteroatoms. The van der Waals surface area contributed by atoms with Gasteiger partial charge in [-0.15, -0.1) is 5.01 Å². The summed E-state index contributed by atoms with van der Waals surface area (Å²) in [5.74, 6) is 0.878. The number of rotatable bonds is 4. The number of amides is 2. The molecule has 1 saturated carbocycles. The Balaban J connectivity index is 1.20. The normalized spacial score (nSPS) is 21.3. The van der Waals surface area contributed by atoms with Crippen molar-refractivity contribution in [2.45, 2.75) is 89.6 Å². The van der Waals surface area contributed by atoms with Crippen LogP contribution in [0.4, 0.5) is 5.69 Å².